The summed E-state index contributed by atoms with van der Waals surface area (Å²) >= 11 is 3.00. The smallest absolute Gasteiger partial charge is 0.361 e. The third-order valence-electron chi connectivity index (χ3n) is 5.69. The maximum Gasteiger partial charge on any atom is 0.493 e. The molecule has 1 aromatic heterocycles. The van der Waals surface area contributed by atoms with E-state index in [1.807, 2.05) is 29.7 Å². The average molecular weight is 651 g/mol. The summed E-state index contributed by atoms with van der Waals surface area (Å²) in [6.07, 6.45) is -5.27. The summed E-state index contributed by atoms with van der Waals surface area (Å²) in [6.45, 7) is 2.06. The number of benzene rings is 2. The number of rotatable bonds is 7. The van der Waals surface area contributed by atoms with Gasteiger partial charge in [-0.1, -0.05) is 24.3 Å². The number of halogens is 5. The highest BCUT2D eigenvalue weighted by molar-refractivity contribution is 9.10. The van der Waals surface area contributed by atoms with Crippen molar-refractivity contribution in [1.82, 2.24) is 20.7 Å². The summed E-state index contributed by atoms with van der Waals surface area (Å²) in [7, 11) is -2.46. The first kappa shape index (κ1) is 29.7. The Kier molecular flexibility index (Phi) is 9.29. The second-order valence-corrected chi connectivity index (χ2v) is 11.9. The molecule has 0 bridgehead atoms. The number of hydrogen-bond acceptors (Lipinski definition) is 10. The zero-order valence-corrected chi connectivity index (χ0v) is 22.9. The fraction of sp³-hybridized carbons (Fsp3) is 0.304. The van der Waals surface area contributed by atoms with Gasteiger partial charge < -0.3 is 10.2 Å². The minimum Gasteiger partial charge on any atom is -0.361 e. The molecule has 17 heteroatoms. The molecule has 1 aliphatic rings. The Bertz CT molecular complexity index is 1360. The summed E-state index contributed by atoms with van der Waals surface area (Å²) in [5, 5.41) is 10.3. The van der Waals surface area contributed by atoms with Crippen molar-refractivity contribution in [2.75, 3.05) is 29.9 Å². The summed E-state index contributed by atoms with van der Waals surface area (Å²) in [4.78, 5) is 21.6. The topological polar surface area (TPSA) is 145 Å². The Hall–Kier alpha value is -3.25. The third-order valence-corrected chi connectivity index (χ3v) is 7.97. The van der Waals surface area contributed by atoms with Crippen molar-refractivity contribution >= 4 is 49.8 Å². The van der Waals surface area contributed by atoms with Gasteiger partial charge in [-0.05, 0) is 55.6 Å². The molecule has 1 fully saturated rings. The molecular formula is C23H23BrF4N6O5S. The molecule has 3 aromatic rings. The van der Waals surface area contributed by atoms with Gasteiger partial charge in [-0.25, -0.2) is 18.8 Å². The second-order valence-electron chi connectivity index (χ2n) is 8.67. The highest BCUT2D eigenvalue weighted by atomic mass is 79.9. The number of carbonyl (C=O) groups is 1. The van der Waals surface area contributed by atoms with E-state index in [1.165, 1.54) is 12.1 Å². The molecule has 1 saturated heterocycles. The summed E-state index contributed by atoms with van der Waals surface area (Å²) < 4.78 is 75.9. The van der Waals surface area contributed by atoms with Crippen LogP contribution >= 0.6 is 26.5 Å². The molecule has 4 rings (SSSR count). The summed E-state index contributed by atoms with van der Waals surface area (Å²) in [5.74, 6) is -2.89. The van der Waals surface area contributed by atoms with Gasteiger partial charge in [0, 0.05) is 26.2 Å². The van der Waals surface area contributed by atoms with E-state index in [2.05, 4.69) is 46.3 Å². The highest BCUT2D eigenvalue weighted by Crippen LogP contribution is 2.40. The number of amidine groups is 1. The Morgan fingerprint density at radius 3 is 2.45 bits per heavy atom. The number of aliphatic imine (C=N–C) groups is 1. The van der Waals surface area contributed by atoms with Crippen LogP contribution in [0.1, 0.15) is 16.8 Å². The quantitative estimate of drug-likeness (QED) is 0.121. The fourth-order valence-electron chi connectivity index (χ4n) is 3.55. The van der Waals surface area contributed by atoms with E-state index in [1.54, 1.807) is 0 Å². The number of nitrogens with one attached hydrogen (secondary N) is 2. The minimum atomic E-state index is -5.27. The van der Waals surface area contributed by atoms with Crippen LogP contribution < -0.4 is 10.8 Å². The molecule has 11 nitrogen and oxygen atoms in total. The van der Waals surface area contributed by atoms with Gasteiger partial charge in [0.25, 0.3) is 0 Å². The monoisotopic (exact) mass is 650 g/mol. The van der Waals surface area contributed by atoms with Gasteiger partial charge in [0.1, 0.15) is 5.82 Å². The minimum absolute atomic E-state index is 0.0214. The van der Waals surface area contributed by atoms with E-state index in [4.69, 9.17) is 4.63 Å². The zero-order chi connectivity index (χ0) is 28.9. The number of carbonyl (C=O) groups excluding carboxylic acids is 1. The molecule has 40 heavy (non-hydrogen) atoms. The normalized spacial score (nSPS) is 16.8. The summed E-state index contributed by atoms with van der Waals surface area (Å²) in [6, 6.07) is 11.1. The Labute approximate surface area is 235 Å². The van der Waals surface area contributed by atoms with E-state index in [0.29, 0.717) is 31.1 Å². The molecule has 0 amide bonds. The SMILES string of the molecule is O=C(ONC(=Nc1ccc(F)c(Br)c1)c1nonc1NCc1ccc(CN2CCS(O)(O)CC2)cc1)C(F)(F)F. The largest absolute Gasteiger partial charge is 0.493 e. The molecule has 0 radical (unpaired) electrons. The van der Waals surface area contributed by atoms with Gasteiger partial charge in [-0.15, -0.1) is 0 Å². The molecule has 0 aliphatic carbocycles. The van der Waals surface area contributed by atoms with E-state index in [0.717, 1.165) is 17.2 Å². The van der Waals surface area contributed by atoms with Gasteiger partial charge in [0.2, 0.25) is 5.82 Å². The number of nitrogens with zero attached hydrogens (tertiary/aromatic N) is 4. The van der Waals surface area contributed by atoms with E-state index in [9.17, 15) is 31.5 Å². The van der Waals surface area contributed by atoms with Crippen molar-refractivity contribution < 1.29 is 40.9 Å². The van der Waals surface area contributed by atoms with Crippen LogP contribution in [0.25, 0.3) is 0 Å². The van der Waals surface area contributed by atoms with Gasteiger partial charge in [-0.2, -0.15) is 29.2 Å². The maximum atomic E-state index is 13.6. The van der Waals surface area contributed by atoms with Gasteiger partial charge in [0.05, 0.1) is 21.7 Å². The van der Waals surface area contributed by atoms with Crippen molar-refractivity contribution in [2.45, 2.75) is 19.3 Å². The van der Waals surface area contributed by atoms with Crippen LogP contribution in [0.15, 0.2) is 56.6 Å². The molecule has 0 atom stereocenters. The second kappa shape index (κ2) is 12.5. The van der Waals surface area contributed by atoms with Crippen LogP contribution in [0.4, 0.5) is 29.1 Å². The van der Waals surface area contributed by atoms with Crippen molar-refractivity contribution in [3.8, 4) is 0 Å². The van der Waals surface area contributed by atoms with E-state index < -0.39 is 34.4 Å². The fourth-order valence-corrected chi connectivity index (χ4v) is 5.22. The molecule has 2 heterocycles. The maximum absolute atomic E-state index is 13.6. The molecule has 1 aliphatic heterocycles. The van der Waals surface area contributed by atoms with Crippen molar-refractivity contribution in [3.05, 3.63) is 69.6 Å². The number of aromatic nitrogens is 2. The van der Waals surface area contributed by atoms with Gasteiger partial charge in [-0.3, -0.25) is 14.0 Å². The van der Waals surface area contributed by atoms with Crippen molar-refractivity contribution in [1.29, 1.82) is 0 Å². The average Bonchev–Trinajstić information content (AvgIpc) is 3.37. The molecule has 216 valence electrons. The lowest BCUT2D eigenvalue weighted by atomic mass is 10.1. The molecular weight excluding hydrogens is 628 g/mol. The first-order chi connectivity index (χ1) is 18.9. The standard InChI is InChI=1S/C23H23BrF4N6O5S/c24-17-11-16(5-6-18(17)25)30-21(32-38-22(35)23(26,27)28)19-20(33-39-31-19)29-12-14-1-3-15(4-2-14)13-34-7-9-40(36,37)10-8-34/h1-6,11,36-37H,7-10,12-13H2,(H,29,33)(H,30,32). The lowest BCUT2D eigenvalue weighted by molar-refractivity contribution is -0.203. The molecule has 2 aromatic carbocycles. The molecule has 0 saturated carbocycles. The lowest BCUT2D eigenvalue weighted by Gasteiger charge is -2.41. The number of anilines is 1. The molecule has 0 spiro atoms. The van der Waals surface area contributed by atoms with Crippen LogP contribution in [0.5, 0.6) is 0 Å². The highest BCUT2D eigenvalue weighted by Gasteiger charge is 2.42. The van der Waals surface area contributed by atoms with Crippen LogP contribution in [0.2, 0.25) is 0 Å². The zero-order valence-electron chi connectivity index (χ0n) is 20.5. The molecule has 4 N–H and O–H groups in total. The lowest BCUT2D eigenvalue weighted by Crippen LogP contribution is -2.37. The van der Waals surface area contributed by atoms with Crippen LogP contribution in [0.3, 0.4) is 0 Å². The van der Waals surface area contributed by atoms with Crippen molar-refractivity contribution in [2.24, 2.45) is 4.99 Å². The predicted octanol–water partition coefficient (Wildman–Crippen LogP) is 4.84. The van der Waals surface area contributed by atoms with Crippen LogP contribution in [0, 0.1) is 5.82 Å². The van der Waals surface area contributed by atoms with Gasteiger partial charge >= 0.3 is 12.1 Å². The van der Waals surface area contributed by atoms with Crippen LogP contribution in [-0.2, 0) is 22.7 Å². The van der Waals surface area contributed by atoms with Crippen molar-refractivity contribution in [3.63, 3.8) is 0 Å². The Morgan fingerprint density at radius 1 is 1.12 bits per heavy atom. The first-order valence-electron chi connectivity index (χ1n) is 11.6. The number of hydrogen-bond donors (Lipinski definition) is 4. The van der Waals surface area contributed by atoms with E-state index in [-0.39, 0.29) is 28.2 Å². The third kappa shape index (κ3) is 8.14. The van der Waals surface area contributed by atoms with Crippen LogP contribution in [-0.4, -0.2) is 66.9 Å². The first-order valence-corrected chi connectivity index (χ1v) is 14.3. The number of hydroxylamine groups is 1. The Balaban J connectivity index is 1.45. The Morgan fingerprint density at radius 2 is 1.80 bits per heavy atom. The molecule has 0 unspecified atom stereocenters. The summed E-state index contributed by atoms with van der Waals surface area (Å²) in [5.41, 5.74) is 3.57. The predicted molar refractivity (Wildman–Crippen MR) is 142 cm³/mol. The van der Waals surface area contributed by atoms with Gasteiger partial charge in [0.15, 0.2) is 11.5 Å². The number of alkyl halides is 3. The van der Waals surface area contributed by atoms with E-state index >= 15 is 0 Å².